The second-order valence-electron chi connectivity index (χ2n) is 7.01. The van der Waals surface area contributed by atoms with Gasteiger partial charge in [0.15, 0.2) is 5.75 Å². The van der Waals surface area contributed by atoms with E-state index in [9.17, 15) is 23.4 Å². The van der Waals surface area contributed by atoms with Crippen molar-refractivity contribution in [3.63, 3.8) is 0 Å². The molecule has 3 N–H and O–H groups in total. The number of aliphatic hydroxyl groups is 1. The number of rotatable bonds is 5. The number of ether oxygens (including phenoxy) is 1. The number of aromatic hydroxyl groups is 1. The molecule has 1 aliphatic rings. The third-order valence-corrected chi connectivity index (χ3v) is 5.01. The average molecular weight is 419 g/mol. The topological polar surface area (TPSA) is 77.9 Å². The SMILES string of the molecule is Cc1cc(O)ccc1N1CCc2c(NCCO)nc3c(OC(F)(F)F)cccc3c21. The van der Waals surface area contributed by atoms with Gasteiger partial charge in [0.1, 0.15) is 17.1 Å². The predicted octanol–water partition coefficient (Wildman–Crippen LogP) is 4.25. The minimum absolute atomic E-state index is 0.0809. The molecule has 0 radical (unpaired) electrons. The fraction of sp³-hybridized carbons (Fsp3) is 0.286. The second kappa shape index (κ2) is 7.56. The predicted molar refractivity (Wildman–Crippen MR) is 108 cm³/mol. The van der Waals surface area contributed by atoms with Crippen LogP contribution in [0.4, 0.5) is 30.4 Å². The summed E-state index contributed by atoms with van der Waals surface area (Å²) in [5.74, 6) is 0.175. The first-order valence-electron chi connectivity index (χ1n) is 9.41. The highest BCUT2D eigenvalue weighted by Gasteiger charge is 2.34. The van der Waals surface area contributed by atoms with E-state index in [2.05, 4.69) is 15.0 Å². The summed E-state index contributed by atoms with van der Waals surface area (Å²) in [5.41, 5.74) is 3.35. The first-order chi connectivity index (χ1) is 14.3. The van der Waals surface area contributed by atoms with E-state index in [0.717, 1.165) is 22.5 Å². The Balaban J connectivity index is 1.94. The summed E-state index contributed by atoms with van der Waals surface area (Å²) in [6.07, 6.45) is -4.22. The van der Waals surface area contributed by atoms with Gasteiger partial charge in [-0.3, -0.25) is 0 Å². The van der Waals surface area contributed by atoms with Gasteiger partial charge in [-0.15, -0.1) is 13.2 Å². The summed E-state index contributed by atoms with van der Waals surface area (Å²) in [7, 11) is 0. The molecule has 4 rings (SSSR count). The van der Waals surface area contributed by atoms with Gasteiger partial charge in [0, 0.05) is 29.7 Å². The van der Waals surface area contributed by atoms with Crippen LogP contribution in [0, 0.1) is 6.92 Å². The molecule has 0 unspecified atom stereocenters. The van der Waals surface area contributed by atoms with Gasteiger partial charge in [0.05, 0.1) is 12.3 Å². The van der Waals surface area contributed by atoms with Gasteiger partial charge < -0.3 is 25.2 Å². The number of alkyl halides is 3. The quantitative estimate of drug-likeness (QED) is 0.574. The van der Waals surface area contributed by atoms with Gasteiger partial charge in [0.25, 0.3) is 0 Å². The Morgan fingerprint density at radius 3 is 2.73 bits per heavy atom. The van der Waals surface area contributed by atoms with Crippen LogP contribution in [-0.2, 0) is 6.42 Å². The second-order valence-corrected chi connectivity index (χ2v) is 7.01. The van der Waals surface area contributed by atoms with Crippen LogP contribution in [0.5, 0.6) is 11.5 Å². The van der Waals surface area contributed by atoms with Crippen LogP contribution < -0.4 is 15.0 Å². The molecule has 0 fully saturated rings. The summed E-state index contributed by atoms with van der Waals surface area (Å²) in [6.45, 7) is 2.53. The number of aryl methyl sites for hydroxylation is 1. The molecule has 3 aromatic rings. The number of nitrogens with one attached hydrogen (secondary N) is 1. The monoisotopic (exact) mass is 419 g/mol. The Morgan fingerprint density at radius 2 is 2.03 bits per heavy atom. The zero-order valence-electron chi connectivity index (χ0n) is 16.1. The lowest BCUT2D eigenvalue weighted by Crippen LogP contribution is -2.18. The minimum Gasteiger partial charge on any atom is -0.508 e. The lowest BCUT2D eigenvalue weighted by atomic mass is 10.1. The van der Waals surface area contributed by atoms with Crippen LogP contribution in [0.3, 0.4) is 0 Å². The first kappa shape index (κ1) is 20.1. The van der Waals surface area contributed by atoms with Crippen molar-refractivity contribution >= 4 is 28.1 Å². The highest BCUT2D eigenvalue weighted by Crippen LogP contribution is 2.46. The fourth-order valence-electron chi connectivity index (χ4n) is 3.87. The standard InChI is InChI=1S/C21H20F3N3O3/c1-12-11-13(29)5-6-16(12)27-9-7-15-19(27)14-3-2-4-17(30-21(22,23)24)18(14)26-20(15)25-8-10-28/h2-6,11,28-29H,7-10H2,1H3,(H,25,26). The van der Waals surface area contributed by atoms with Gasteiger partial charge in [-0.05, 0) is 43.2 Å². The summed E-state index contributed by atoms with van der Waals surface area (Å²) >= 11 is 0. The van der Waals surface area contributed by atoms with Gasteiger partial charge in [0.2, 0.25) is 0 Å². The molecule has 0 amide bonds. The van der Waals surface area contributed by atoms with Crippen molar-refractivity contribution in [2.75, 3.05) is 29.9 Å². The first-order valence-corrected chi connectivity index (χ1v) is 9.41. The molecule has 1 aliphatic heterocycles. The Labute approximate surface area is 170 Å². The number of phenols is 1. The maximum atomic E-state index is 12.9. The molecule has 1 aromatic heterocycles. The Hall–Kier alpha value is -3.20. The molecule has 9 heteroatoms. The van der Waals surface area contributed by atoms with Crippen LogP contribution in [0.15, 0.2) is 36.4 Å². The van der Waals surface area contributed by atoms with Crippen LogP contribution >= 0.6 is 0 Å². The number of nitrogens with zero attached hydrogens (tertiary/aromatic N) is 2. The molecule has 2 heterocycles. The van der Waals surface area contributed by atoms with Gasteiger partial charge >= 0.3 is 6.36 Å². The maximum absolute atomic E-state index is 12.9. The van der Waals surface area contributed by atoms with Gasteiger partial charge in [-0.2, -0.15) is 0 Å². The largest absolute Gasteiger partial charge is 0.573 e. The molecule has 158 valence electrons. The van der Waals surface area contributed by atoms with Crippen molar-refractivity contribution in [2.45, 2.75) is 19.7 Å². The Kier molecular flexibility index (Phi) is 5.07. The summed E-state index contributed by atoms with van der Waals surface area (Å²) in [4.78, 5) is 6.43. The van der Waals surface area contributed by atoms with Crippen LogP contribution in [-0.4, -0.2) is 41.3 Å². The number of hydrogen-bond acceptors (Lipinski definition) is 6. The molecule has 0 atom stereocenters. The van der Waals surface area contributed by atoms with Crippen LogP contribution in [0.25, 0.3) is 10.9 Å². The number of halogens is 3. The molecule has 6 nitrogen and oxygen atoms in total. The van der Waals surface area contributed by atoms with E-state index in [0.29, 0.717) is 24.2 Å². The maximum Gasteiger partial charge on any atom is 0.573 e. The van der Waals surface area contributed by atoms with Crippen molar-refractivity contribution in [1.82, 2.24) is 4.98 Å². The zero-order chi connectivity index (χ0) is 21.5. The molecular weight excluding hydrogens is 399 g/mol. The highest BCUT2D eigenvalue weighted by atomic mass is 19.4. The molecule has 0 aliphatic carbocycles. The van der Waals surface area contributed by atoms with E-state index in [1.807, 2.05) is 11.8 Å². The number of para-hydroxylation sites is 1. The van der Waals surface area contributed by atoms with Gasteiger partial charge in [-0.1, -0.05) is 12.1 Å². The molecular formula is C21H20F3N3O3. The third-order valence-electron chi connectivity index (χ3n) is 5.01. The number of aromatic nitrogens is 1. The molecule has 0 bridgehead atoms. The van der Waals surface area contributed by atoms with Crippen LogP contribution in [0.2, 0.25) is 0 Å². The highest BCUT2D eigenvalue weighted by molar-refractivity contribution is 6.02. The van der Waals surface area contributed by atoms with E-state index in [-0.39, 0.29) is 30.2 Å². The number of fused-ring (bicyclic) bond motifs is 3. The zero-order valence-corrected chi connectivity index (χ0v) is 16.1. The lowest BCUT2D eigenvalue weighted by molar-refractivity contribution is -0.274. The number of pyridine rings is 1. The average Bonchev–Trinajstić information content (AvgIpc) is 3.11. The normalized spacial score (nSPS) is 13.6. The van der Waals surface area contributed by atoms with E-state index < -0.39 is 6.36 Å². The van der Waals surface area contributed by atoms with Crippen LogP contribution in [0.1, 0.15) is 11.1 Å². The molecule has 0 saturated heterocycles. The smallest absolute Gasteiger partial charge is 0.508 e. The molecule has 30 heavy (non-hydrogen) atoms. The van der Waals surface area contributed by atoms with Crippen molar-refractivity contribution in [2.24, 2.45) is 0 Å². The summed E-state index contributed by atoms with van der Waals surface area (Å²) in [5, 5.41) is 22.5. The number of hydrogen-bond donors (Lipinski definition) is 3. The number of aliphatic hydroxyl groups excluding tert-OH is 1. The van der Waals surface area contributed by atoms with E-state index in [1.165, 1.54) is 12.1 Å². The number of anilines is 3. The van der Waals surface area contributed by atoms with Crippen molar-refractivity contribution < 1.29 is 28.1 Å². The van der Waals surface area contributed by atoms with Crippen molar-refractivity contribution in [3.8, 4) is 11.5 Å². The summed E-state index contributed by atoms with van der Waals surface area (Å²) in [6, 6.07) is 9.45. The minimum atomic E-state index is -4.85. The molecule has 2 aromatic carbocycles. The Morgan fingerprint density at radius 1 is 1.23 bits per heavy atom. The van der Waals surface area contributed by atoms with E-state index in [1.54, 1.807) is 24.3 Å². The summed E-state index contributed by atoms with van der Waals surface area (Å²) < 4.78 is 43.1. The third kappa shape index (κ3) is 3.68. The lowest BCUT2D eigenvalue weighted by Gasteiger charge is -2.24. The van der Waals surface area contributed by atoms with Crippen molar-refractivity contribution in [1.29, 1.82) is 0 Å². The number of benzene rings is 2. The fourth-order valence-corrected chi connectivity index (χ4v) is 3.87. The Bertz CT molecular complexity index is 1100. The number of phenolic OH excluding ortho intramolecular Hbond substituents is 1. The van der Waals surface area contributed by atoms with E-state index >= 15 is 0 Å². The molecule has 0 spiro atoms. The van der Waals surface area contributed by atoms with E-state index in [4.69, 9.17) is 0 Å². The molecule has 0 saturated carbocycles. The van der Waals surface area contributed by atoms with Gasteiger partial charge in [-0.25, -0.2) is 4.98 Å². The van der Waals surface area contributed by atoms with Crippen molar-refractivity contribution in [3.05, 3.63) is 47.5 Å².